The van der Waals surface area contributed by atoms with Crippen molar-refractivity contribution in [3.8, 4) is 22.5 Å². The number of aromatic nitrogens is 4. The molecule has 6 rings (SSSR count). The Bertz CT molecular complexity index is 1550. The van der Waals surface area contributed by atoms with Crippen LogP contribution in [0.5, 0.6) is 0 Å². The first-order valence-corrected chi connectivity index (χ1v) is 15.0. The van der Waals surface area contributed by atoms with Gasteiger partial charge in [0.25, 0.3) is 5.91 Å². The number of aliphatic hydroxyl groups excluding tert-OH is 3. The maximum Gasteiger partial charge on any atom is 0.335 e. The second-order valence-electron chi connectivity index (χ2n) is 11.7. The van der Waals surface area contributed by atoms with Crippen LogP contribution in [0, 0.1) is 0 Å². The van der Waals surface area contributed by atoms with Crippen LogP contribution in [-0.4, -0.2) is 93.2 Å². The highest BCUT2D eigenvalue weighted by Gasteiger charge is 2.50. The van der Waals surface area contributed by atoms with Gasteiger partial charge in [0, 0.05) is 12.0 Å². The summed E-state index contributed by atoms with van der Waals surface area (Å²) in [5, 5.41) is 52.4. The lowest BCUT2D eigenvalue weighted by Gasteiger charge is -2.37. The lowest BCUT2D eigenvalue weighted by molar-refractivity contribution is -0.251. The Morgan fingerprint density at radius 1 is 1.00 bits per heavy atom. The average Bonchev–Trinajstić information content (AvgIpc) is 3.77. The topological polar surface area (TPSA) is 183 Å². The number of amides is 1. The number of aliphatic imine (C=N–C) groups is 1. The van der Waals surface area contributed by atoms with Gasteiger partial charge in [-0.2, -0.15) is 0 Å². The van der Waals surface area contributed by atoms with E-state index in [9.17, 15) is 30.0 Å². The molecule has 13 nitrogen and oxygen atoms in total. The summed E-state index contributed by atoms with van der Waals surface area (Å²) >= 11 is 0. The maximum atomic E-state index is 13.5. The summed E-state index contributed by atoms with van der Waals surface area (Å²) < 4.78 is 5.33. The largest absolute Gasteiger partial charge is 0.479 e. The second-order valence-corrected chi connectivity index (χ2v) is 11.7. The molecule has 5 atom stereocenters. The molecule has 3 aliphatic rings. The molecule has 0 radical (unpaired) electrons. The Labute approximate surface area is 253 Å². The van der Waals surface area contributed by atoms with E-state index >= 15 is 0 Å². The highest BCUT2D eigenvalue weighted by Crippen LogP contribution is 2.40. The van der Waals surface area contributed by atoms with E-state index in [2.05, 4.69) is 22.3 Å². The molecule has 13 heteroatoms. The summed E-state index contributed by atoms with van der Waals surface area (Å²) in [5.74, 6) is -0.298. The third-order valence-corrected chi connectivity index (χ3v) is 8.74. The van der Waals surface area contributed by atoms with Gasteiger partial charge in [0.05, 0.1) is 6.54 Å². The molecule has 232 valence electrons. The number of tetrazole rings is 1. The maximum absolute atomic E-state index is 13.5. The zero-order valence-electron chi connectivity index (χ0n) is 24.4. The lowest BCUT2D eigenvalue weighted by atomic mass is 9.97. The molecule has 1 aliphatic carbocycles. The number of unbranched alkanes of at least 4 members (excludes halogenated alkanes) is 1. The van der Waals surface area contributed by atoms with E-state index in [4.69, 9.17) is 9.73 Å². The fourth-order valence-electron chi connectivity index (χ4n) is 6.30. The molecule has 1 saturated carbocycles. The zero-order chi connectivity index (χ0) is 31.0. The molecule has 0 bridgehead atoms. The van der Waals surface area contributed by atoms with Crippen LogP contribution >= 0.6 is 0 Å². The number of aliphatic carboxylic acids is 1. The van der Waals surface area contributed by atoms with Crippen LogP contribution < -0.4 is 0 Å². The van der Waals surface area contributed by atoms with Gasteiger partial charge in [-0.1, -0.05) is 74.7 Å². The number of nitrogens with zero attached hydrogens (tertiary/aromatic N) is 6. The molecule has 0 unspecified atom stereocenters. The molecule has 2 aromatic carbocycles. The van der Waals surface area contributed by atoms with Gasteiger partial charge in [0.2, 0.25) is 12.1 Å². The first kappa shape index (κ1) is 30.0. The molecule has 1 saturated heterocycles. The van der Waals surface area contributed by atoms with E-state index in [1.54, 1.807) is 0 Å². The average molecular weight is 605 g/mol. The minimum absolute atomic E-state index is 0.119. The summed E-state index contributed by atoms with van der Waals surface area (Å²) in [5.41, 5.74) is 2.71. The highest BCUT2D eigenvalue weighted by molar-refractivity contribution is 6.08. The Balaban J connectivity index is 1.22. The van der Waals surface area contributed by atoms with Crippen molar-refractivity contribution in [1.82, 2.24) is 25.1 Å². The van der Waals surface area contributed by atoms with Crippen molar-refractivity contribution in [3.63, 3.8) is 0 Å². The van der Waals surface area contributed by atoms with Crippen LogP contribution in [0.1, 0.15) is 63.7 Å². The van der Waals surface area contributed by atoms with Gasteiger partial charge in [-0.15, -0.1) is 15.0 Å². The predicted octanol–water partition coefficient (Wildman–Crippen LogP) is 2.32. The molecule has 1 spiro atoms. The summed E-state index contributed by atoms with van der Waals surface area (Å²) in [6.45, 7) is 2.60. The number of hydrogen-bond donors (Lipinski definition) is 4. The Kier molecular flexibility index (Phi) is 8.29. The molecule has 44 heavy (non-hydrogen) atoms. The second kappa shape index (κ2) is 12.2. The van der Waals surface area contributed by atoms with Crippen molar-refractivity contribution >= 4 is 17.7 Å². The fourth-order valence-corrected chi connectivity index (χ4v) is 6.30. The third kappa shape index (κ3) is 5.40. The van der Waals surface area contributed by atoms with E-state index in [1.165, 1.54) is 0 Å². The molecule has 3 aromatic rings. The predicted molar refractivity (Wildman–Crippen MR) is 157 cm³/mol. The highest BCUT2D eigenvalue weighted by atomic mass is 16.6. The van der Waals surface area contributed by atoms with Gasteiger partial charge in [-0.3, -0.25) is 14.7 Å². The smallest absolute Gasteiger partial charge is 0.335 e. The molecule has 4 N–H and O–H groups in total. The molecule has 3 heterocycles. The van der Waals surface area contributed by atoms with Crippen LogP contribution in [-0.2, 0) is 20.9 Å². The summed E-state index contributed by atoms with van der Waals surface area (Å²) in [7, 11) is 0. The quantitative estimate of drug-likeness (QED) is 0.283. The number of amidine groups is 1. The van der Waals surface area contributed by atoms with Crippen molar-refractivity contribution in [1.29, 1.82) is 0 Å². The number of carboxylic acid groups (broad SMARTS) is 1. The minimum atomic E-state index is -1.83. The van der Waals surface area contributed by atoms with Crippen LogP contribution in [0.3, 0.4) is 0 Å². The lowest BCUT2D eigenvalue weighted by Crippen LogP contribution is -2.58. The summed E-state index contributed by atoms with van der Waals surface area (Å²) in [6.07, 6.45) is -2.05. The molecule has 1 aromatic heterocycles. The molecular formula is C31H36N6O7. The van der Waals surface area contributed by atoms with E-state index < -0.39 is 42.2 Å². The zero-order valence-corrected chi connectivity index (χ0v) is 24.4. The monoisotopic (exact) mass is 604 g/mol. The standard InChI is InChI=1S/C31H36N6O7/c1-2-3-10-22-32-31(15-6-7-16-31)30(43)36(22)17-18-11-13-19(14-12-18)20-8-4-5-9-21(20)27-33-35-37(34-27)28-25(40)23(38)24(39)26(44-28)29(41)42/h4-5,8-9,11-14,23-26,28,38-40H,2-3,6-7,10,15-17H2,1H3,(H,41,42)/t23-,24-,25+,26-,28+/m1/s1. The van der Waals surface area contributed by atoms with E-state index in [-0.39, 0.29) is 11.7 Å². The number of rotatable bonds is 9. The fraction of sp³-hybridized carbons (Fsp3) is 0.484. The molecule has 1 amide bonds. The van der Waals surface area contributed by atoms with Crippen molar-refractivity contribution in [2.24, 2.45) is 4.99 Å². The van der Waals surface area contributed by atoms with Gasteiger partial charge in [0.1, 0.15) is 29.7 Å². The number of carbonyl (C=O) groups excluding carboxylic acids is 1. The van der Waals surface area contributed by atoms with Gasteiger partial charge < -0.3 is 25.2 Å². The van der Waals surface area contributed by atoms with Crippen LogP contribution in [0.15, 0.2) is 53.5 Å². The Morgan fingerprint density at radius 2 is 1.70 bits per heavy atom. The van der Waals surface area contributed by atoms with Gasteiger partial charge in [0.15, 0.2) is 6.10 Å². The van der Waals surface area contributed by atoms with Gasteiger partial charge in [-0.05, 0) is 41.2 Å². The van der Waals surface area contributed by atoms with E-state index in [0.29, 0.717) is 12.1 Å². The van der Waals surface area contributed by atoms with E-state index in [1.807, 2.05) is 53.4 Å². The normalized spacial score (nSPS) is 26.4. The minimum Gasteiger partial charge on any atom is -0.479 e. The van der Waals surface area contributed by atoms with E-state index in [0.717, 1.165) is 72.3 Å². The van der Waals surface area contributed by atoms with Crippen molar-refractivity contribution in [3.05, 3.63) is 54.1 Å². The first-order valence-electron chi connectivity index (χ1n) is 15.0. The first-order chi connectivity index (χ1) is 21.2. The molecule has 2 aliphatic heterocycles. The number of benzene rings is 2. The Morgan fingerprint density at radius 3 is 2.39 bits per heavy atom. The van der Waals surface area contributed by atoms with Crippen molar-refractivity contribution < 1.29 is 34.8 Å². The van der Waals surface area contributed by atoms with Crippen LogP contribution in [0.4, 0.5) is 0 Å². The Hall–Kier alpha value is -4.04. The van der Waals surface area contributed by atoms with Crippen LogP contribution in [0.2, 0.25) is 0 Å². The SMILES string of the molecule is CCCCC1=NC2(CCCC2)C(=O)N1Cc1ccc(-c2ccccc2-c2nnn([C@H]3O[C@@H](C(=O)O)[C@H](O)[C@@H](O)[C@@H]3O)n2)cc1. The summed E-state index contributed by atoms with van der Waals surface area (Å²) in [4.78, 5) is 32.8. The van der Waals surface area contributed by atoms with Gasteiger partial charge >= 0.3 is 5.97 Å². The number of aliphatic hydroxyl groups is 3. The molecular weight excluding hydrogens is 568 g/mol. The third-order valence-electron chi connectivity index (χ3n) is 8.74. The number of hydrogen-bond acceptors (Lipinski definition) is 10. The summed E-state index contributed by atoms with van der Waals surface area (Å²) in [6, 6.07) is 15.3. The number of carbonyl (C=O) groups is 2. The number of ether oxygens (including phenoxy) is 1. The van der Waals surface area contributed by atoms with Crippen molar-refractivity contribution in [2.45, 2.75) is 94.6 Å². The number of carboxylic acids is 1. The molecule has 2 fully saturated rings. The van der Waals surface area contributed by atoms with Crippen molar-refractivity contribution in [2.75, 3.05) is 0 Å². The van der Waals surface area contributed by atoms with Gasteiger partial charge in [-0.25, -0.2) is 4.79 Å². The van der Waals surface area contributed by atoms with Crippen LogP contribution in [0.25, 0.3) is 22.5 Å².